The van der Waals surface area contributed by atoms with E-state index in [1.54, 1.807) is 43.5 Å². The van der Waals surface area contributed by atoms with Crippen molar-refractivity contribution >= 4 is 22.7 Å². The number of carbonyl (C=O) groups is 2. The summed E-state index contributed by atoms with van der Waals surface area (Å²) in [5.74, 6) is 0.708. The van der Waals surface area contributed by atoms with Gasteiger partial charge in [-0.25, -0.2) is 0 Å². The number of Topliss-reactive ketones (excluding diaryl/α,β-unsaturated/α-hetero) is 1. The summed E-state index contributed by atoms with van der Waals surface area (Å²) in [6, 6.07) is 25.9. The van der Waals surface area contributed by atoms with Crippen LogP contribution in [0.2, 0.25) is 0 Å². The first-order chi connectivity index (χ1) is 13.2. The fourth-order valence-electron chi connectivity index (χ4n) is 2.73. The SMILES string of the molecule is COc1ccc(C(=O)CC(SC(=O)c2ccccc2)c2ccccc2)cc1. The van der Waals surface area contributed by atoms with E-state index in [1.807, 2.05) is 48.5 Å². The summed E-state index contributed by atoms with van der Waals surface area (Å²) in [5.41, 5.74) is 2.22. The Morgan fingerprint density at radius 3 is 2.00 bits per heavy atom. The summed E-state index contributed by atoms with van der Waals surface area (Å²) < 4.78 is 5.14. The highest BCUT2D eigenvalue weighted by atomic mass is 32.2. The molecule has 3 aromatic carbocycles. The highest BCUT2D eigenvalue weighted by Gasteiger charge is 2.22. The first-order valence-electron chi connectivity index (χ1n) is 8.65. The lowest BCUT2D eigenvalue weighted by Gasteiger charge is -2.16. The smallest absolute Gasteiger partial charge is 0.219 e. The van der Waals surface area contributed by atoms with Crippen molar-refractivity contribution in [1.82, 2.24) is 0 Å². The molecule has 0 saturated carbocycles. The molecule has 3 aromatic rings. The second-order valence-corrected chi connectivity index (χ2v) is 7.20. The first kappa shape index (κ1) is 18.9. The van der Waals surface area contributed by atoms with Gasteiger partial charge in [0, 0.05) is 22.8 Å². The molecule has 4 heteroatoms. The fourth-order valence-corrected chi connectivity index (χ4v) is 3.79. The molecule has 136 valence electrons. The largest absolute Gasteiger partial charge is 0.497 e. The molecule has 0 aliphatic heterocycles. The molecule has 0 aliphatic rings. The van der Waals surface area contributed by atoms with Crippen LogP contribution in [0.5, 0.6) is 5.75 Å². The molecule has 0 bridgehead atoms. The van der Waals surface area contributed by atoms with Gasteiger partial charge in [0.15, 0.2) is 5.78 Å². The van der Waals surface area contributed by atoms with Crippen LogP contribution in [0.15, 0.2) is 84.9 Å². The van der Waals surface area contributed by atoms with Crippen LogP contribution in [0.3, 0.4) is 0 Å². The summed E-state index contributed by atoms with van der Waals surface area (Å²) in [7, 11) is 1.59. The van der Waals surface area contributed by atoms with E-state index in [2.05, 4.69) is 0 Å². The Morgan fingerprint density at radius 1 is 0.815 bits per heavy atom. The highest BCUT2D eigenvalue weighted by molar-refractivity contribution is 8.14. The number of thioether (sulfide) groups is 1. The number of ether oxygens (including phenoxy) is 1. The second-order valence-electron chi connectivity index (χ2n) is 6.03. The quantitative estimate of drug-likeness (QED) is 0.505. The second kappa shape index (κ2) is 9.19. The van der Waals surface area contributed by atoms with Crippen LogP contribution in [0, 0.1) is 0 Å². The van der Waals surface area contributed by atoms with Crippen LogP contribution >= 0.6 is 11.8 Å². The third-order valence-electron chi connectivity index (χ3n) is 4.21. The number of methoxy groups -OCH3 is 1. The number of carbonyl (C=O) groups excluding carboxylic acids is 2. The summed E-state index contributed by atoms with van der Waals surface area (Å²) in [6.45, 7) is 0. The third kappa shape index (κ3) is 5.08. The van der Waals surface area contributed by atoms with Crippen LogP contribution in [0.4, 0.5) is 0 Å². The van der Waals surface area contributed by atoms with Crippen LogP contribution in [0.1, 0.15) is 38.0 Å². The van der Waals surface area contributed by atoms with Gasteiger partial charge >= 0.3 is 0 Å². The predicted molar refractivity (Wildman–Crippen MR) is 109 cm³/mol. The van der Waals surface area contributed by atoms with Crippen molar-refractivity contribution in [2.75, 3.05) is 7.11 Å². The van der Waals surface area contributed by atoms with Crippen LogP contribution in [0.25, 0.3) is 0 Å². The predicted octanol–water partition coefficient (Wildman–Crippen LogP) is 5.58. The van der Waals surface area contributed by atoms with Gasteiger partial charge in [-0.05, 0) is 29.8 Å². The molecule has 0 spiro atoms. The van der Waals surface area contributed by atoms with Gasteiger partial charge in [0.25, 0.3) is 0 Å². The third-order valence-corrected chi connectivity index (χ3v) is 5.39. The van der Waals surface area contributed by atoms with Crippen molar-refractivity contribution in [2.45, 2.75) is 11.7 Å². The maximum absolute atomic E-state index is 12.8. The molecule has 0 N–H and O–H groups in total. The van der Waals surface area contributed by atoms with Crippen molar-refractivity contribution in [3.8, 4) is 5.75 Å². The molecule has 1 unspecified atom stereocenters. The van der Waals surface area contributed by atoms with Gasteiger partial charge < -0.3 is 4.74 Å². The monoisotopic (exact) mass is 376 g/mol. The molecule has 0 fully saturated rings. The lowest BCUT2D eigenvalue weighted by atomic mass is 10.0. The lowest BCUT2D eigenvalue weighted by Crippen LogP contribution is -2.08. The molecule has 0 heterocycles. The van der Waals surface area contributed by atoms with Crippen LogP contribution < -0.4 is 4.74 Å². The van der Waals surface area contributed by atoms with E-state index in [9.17, 15) is 9.59 Å². The minimum atomic E-state index is -0.242. The van der Waals surface area contributed by atoms with E-state index in [-0.39, 0.29) is 22.6 Å². The van der Waals surface area contributed by atoms with Crippen LogP contribution in [-0.4, -0.2) is 18.0 Å². The molecule has 1 atom stereocenters. The van der Waals surface area contributed by atoms with Crippen molar-refractivity contribution < 1.29 is 14.3 Å². The Bertz CT molecular complexity index is 890. The molecule has 0 amide bonds. The van der Waals surface area contributed by atoms with Gasteiger partial charge in [-0.3, -0.25) is 9.59 Å². The summed E-state index contributed by atoms with van der Waals surface area (Å²) in [4.78, 5) is 25.4. The van der Waals surface area contributed by atoms with E-state index < -0.39 is 0 Å². The van der Waals surface area contributed by atoms with Crippen molar-refractivity contribution in [3.63, 3.8) is 0 Å². The minimum Gasteiger partial charge on any atom is -0.497 e. The zero-order valence-electron chi connectivity index (χ0n) is 15.0. The molecular formula is C23H20O3S. The van der Waals surface area contributed by atoms with Crippen molar-refractivity contribution in [2.24, 2.45) is 0 Å². The van der Waals surface area contributed by atoms with E-state index in [4.69, 9.17) is 4.74 Å². The Morgan fingerprint density at radius 2 is 1.41 bits per heavy atom. The number of rotatable bonds is 7. The Hall–Kier alpha value is -2.85. The van der Waals surface area contributed by atoms with Gasteiger partial charge in [-0.1, -0.05) is 72.4 Å². The zero-order valence-corrected chi connectivity index (χ0v) is 15.8. The zero-order chi connectivity index (χ0) is 19.1. The molecule has 0 aromatic heterocycles. The number of benzene rings is 3. The van der Waals surface area contributed by atoms with Gasteiger partial charge in [0.2, 0.25) is 5.12 Å². The minimum absolute atomic E-state index is 0.000122. The number of ketones is 1. The van der Waals surface area contributed by atoms with Gasteiger partial charge in [0.1, 0.15) is 5.75 Å². The molecule has 0 aliphatic carbocycles. The van der Waals surface area contributed by atoms with E-state index in [0.717, 1.165) is 5.56 Å². The average molecular weight is 376 g/mol. The van der Waals surface area contributed by atoms with Crippen molar-refractivity contribution in [1.29, 1.82) is 0 Å². The lowest BCUT2D eigenvalue weighted by molar-refractivity contribution is 0.0982. The molecule has 3 nitrogen and oxygen atoms in total. The van der Waals surface area contributed by atoms with Gasteiger partial charge in [-0.15, -0.1) is 0 Å². The Balaban J connectivity index is 1.79. The van der Waals surface area contributed by atoms with E-state index >= 15 is 0 Å². The standard InChI is InChI=1S/C23H20O3S/c1-26-20-14-12-17(13-15-20)21(24)16-22(18-8-4-2-5-9-18)27-23(25)19-10-6-3-7-11-19/h2-15,22H,16H2,1H3. The summed E-state index contributed by atoms with van der Waals surface area (Å²) in [6.07, 6.45) is 0.250. The van der Waals surface area contributed by atoms with E-state index in [1.165, 1.54) is 11.8 Å². The van der Waals surface area contributed by atoms with Crippen molar-refractivity contribution in [3.05, 3.63) is 102 Å². The normalized spacial score (nSPS) is 11.6. The molecule has 27 heavy (non-hydrogen) atoms. The Kier molecular flexibility index (Phi) is 6.44. The average Bonchev–Trinajstić information content (AvgIpc) is 2.74. The topological polar surface area (TPSA) is 43.4 Å². The maximum Gasteiger partial charge on any atom is 0.219 e. The molecule has 0 radical (unpaired) electrons. The fraction of sp³-hybridized carbons (Fsp3) is 0.130. The molecular weight excluding hydrogens is 356 g/mol. The molecule has 0 saturated heterocycles. The molecule has 3 rings (SSSR count). The number of hydrogen-bond acceptors (Lipinski definition) is 4. The highest BCUT2D eigenvalue weighted by Crippen LogP contribution is 2.35. The van der Waals surface area contributed by atoms with E-state index in [0.29, 0.717) is 16.9 Å². The summed E-state index contributed by atoms with van der Waals surface area (Å²) >= 11 is 1.20. The maximum atomic E-state index is 12.8. The number of hydrogen-bond donors (Lipinski definition) is 0. The van der Waals surface area contributed by atoms with Gasteiger partial charge in [-0.2, -0.15) is 0 Å². The first-order valence-corrected chi connectivity index (χ1v) is 9.53. The Labute approximate surface area is 163 Å². The van der Waals surface area contributed by atoms with Crippen LogP contribution in [-0.2, 0) is 0 Å². The summed E-state index contributed by atoms with van der Waals surface area (Å²) in [5, 5.41) is -0.277. The van der Waals surface area contributed by atoms with Gasteiger partial charge in [0.05, 0.1) is 7.11 Å².